The van der Waals surface area contributed by atoms with Crippen molar-refractivity contribution < 1.29 is 5.11 Å². The summed E-state index contributed by atoms with van der Waals surface area (Å²) in [6, 6.07) is 1.04. The minimum absolute atomic E-state index is 0.337. The van der Waals surface area contributed by atoms with E-state index in [1.807, 2.05) is 6.92 Å². The van der Waals surface area contributed by atoms with Gasteiger partial charge in [-0.3, -0.25) is 9.80 Å². The highest BCUT2D eigenvalue weighted by molar-refractivity contribution is 4.84. The van der Waals surface area contributed by atoms with Crippen molar-refractivity contribution in [3.63, 3.8) is 0 Å². The van der Waals surface area contributed by atoms with Gasteiger partial charge >= 0.3 is 0 Å². The molecule has 0 aromatic heterocycles. The summed E-state index contributed by atoms with van der Waals surface area (Å²) in [7, 11) is 0. The van der Waals surface area contributed by atoms with Gasteiger partial charge in [0.1, 0.15) is 0 Å². The molecule has 1 fully saturated rings. The van der Waals surface area contributed by atoms with Crippen molar-refractivity contribution in [1.29, 1.82) is 0 Å². The molecule has 3 N–H and O–H groups in total. The highest BCUT2D eigenvalue weighted by Crippen LogP contribution is 2.17. The van der Waals surface area contributed by atoms with Crippen LogP contribution in [0.5, 0.6) is 0 Å². The van der Waals surface area contributed by atoms with Crippen molar-refractivity contribution in [2.45, 2.75) is 51.8 Å². The minimum atomic E-state index is -0.728. The number of nitrogens with zero attached hydrogens (tertiary/aromatic N) is 2. The Morgan fingerprint density at radius 2 is 1.59 bits per heavy atom. The van der Waals surface area contributed by atoms with Crippen LogP contribution in [0.4, 0.5) is 0 Å². The summed E-state index contributed by atoms with van der Waals surface area (Å²) >= 11 is 0. The molecule has 17 heavy (non-hydrogen) atoms. The third-order valence-electron chi connectivity index (χ3n) is 3.88. The van der Waals surface area contributed by atoms with Gasteiger partial charge < -0.3 is 10.8 Å². The van der Waals surface area contributed by atoms with Crippen molar-refractivity contribution in [2.24, 2.45) is 5.73 Å². The fraction of sp³-hybridized carbons (Fsp3) is 1.00. The first-order valence-corrected chi connectivity index (χ1v) is 6.76. The average Bonchev–Trinajstić information content (AvgIpc) is 2.28. The summed E-state index contributed by atoms with van der Waals surface area (Å²) in [6.07, 6.45) is 0.755. The predicted molar refractivity (Wildman–Crippen MR) is 72.0 cm³/mol. The lowest BCUT2D eigenvalue weighted by Crippen LogP contribution is -2.53. The van der Waals surface area contributed by atoms with Crippen molar-refractivity contribution in [2.75, 3.05) is 32.7 Å². The zero-order valence-electron chi connectivity index (χ0n) is 11.8. The molecular formula is C13H29N3O. The van der Waals surface area contributed by atoms with Gasteiger partial charge in [0.15, 0.2) is 0 Å². The molecule has 0 saturated carbocycles. The van der Waals surface area contributed by atoms with Crippen LogP contribution in [0.1, 0.15) is 34.1 Å². The molecule has 0 aromatic carbocycles. The Morgan fingerprint density at radius 3 is 2.00 bits per heavy atom. The van der Waals surface area contributed by atoms with Crippen LogP contribution in [0, 0.1) is 0 Å². The van der Waals surface area contributed by atoms with Crippen LogP contribution in [-0.2, 0) is 0 Å². The lowest BCUT2D eigenvalue weighted by molar-refractivity contribution is 0.0126. The number of aliphatic hydroxyl groups is 1. The molecule has 1 aliphatic rings. The lowest BCUT2D eigenvalue weighted by atomic mass is 9.96. The molecule has 102 valence electrons. The van der Waals surface area contributed by atoms with Gasteiger partial charge in [-0.25, -0.2) is 0 Å². The van der Waals surface area contributed by atoms with Crippen LogP contribution in [0.15, 0.2) is 0 Å². The second-order valence-electron chi connectivity index (χ2n) is 5.92. The molecule has 1 aliphatic heterocycles. The average molecular weight is 243 g/mol. The van der Waals surface area contributed by atoms with E-state index in [1.54, 1.807) is 0 Å². The predicted octanol–water partition coefficient (Wildman–Crippen LogP) is 0.501. The summed E-state index contributed by atoms with van der Waals surface area (Å²) in [6.45, 7) is 13.3. The summed E-state index contributed by atoms with van der Waals surface area (Å²) in [4.78, 5) is 4.97. The zero-order chi connectivity index (χ0) is 13.1. The van der Waals surface area contributed by atoms with Gasteiger partial charge in [-0.2, -0.15) is 0 Å². The monoisotopic (exact) mass is 243 g/mol. The fourth-order valence-electron chi connectivity index (χ4n) is 2.54. The van der Waals surface area contributed by atoms with Crippen LogP contribution in [0.2, 0.25) is 0 Å². The molecule has 4 nitrogen and oxygen atoms in total. The fourth-order valence-corrected chi connectivity index (χ4v) is 2.54. The molecule has 0 spiro atoms. The van der Waals surface area contributed by atoms with Crippen LogP contribution >= 0.6 is 0 Å². The molecule has 1 heterocycles. The maximum absolute atomic E-state index is 10.0. The summed E-state index contributed by atoms with van der Waals surface area (Å²) in [5, 5.41) is 10.0. The van der Waals surface area contributed by atoms with Gasteiger partial charge in [-0.1, -0.05) is 0 Å². The SMILES string of the molecule is CC(C)N1CCN(C(C)CC(C)(O)CN)CC1. The van der Waals surface area contributed by atoms with E-state index in [1.165, 1.54) is 0 Å². The Hall–Kier alpha value is -0.160. The molecule has 0 radical (unpaired) electrons. The largest absolute Gasteiger partial charge is 0.389 e. The smallest absolute Gasteiger partial charge is 0.0756 e. The third kappa shape index (κ3) is 4.54. The van der Waals surface area contributed by atoms with E-state index >= 15 is 0 Å². The van der Waals surface area contributed by atoms with Gasteiger partial charge in [0, 0.05) is 44.8 Å². The van der Waals surface area contributed by atoms with Crippen LogP contribution in [-0.4, -0.2) is 65.3 Å². The number of rotatable bonds is 5. The second kappa shape index (κ2) is 6.14. The molecule has 0 aromatic rings. The van der Waals surface area contributed by atoms with Gasteiger partial charge in [-0.05, 0) is 34.1 Å². The Morgan fingerprint density at radius 1 is 1.12 bits per heavy atom. The number of hydrogen-bond donors (Lipinski definition) is 2. The van der Waals surface area contributed by atoms with Crippen molar-refractivity contribution >= 4 is 0 Å². The second-order valence-corrected chi connectivity index (χ2v) is 5.92. The van der Waals surface area contributed by atoms with E-state index in [0.717, 1.165) is 32.6 Å². The van der Waals surface area contributed by atoms with Crippen LogP contribution < -0.4 is 5.73 Å². The van der Waals surface area contributed by atoms with E-state index in [4.69, 9.17) is 5.73 Å². The zero-order valence-corrected chi connectivity index (χ0v) is 11.8. The first-order valence-electron chi connectivity index (χ1n) is 6.76. The van der Waals surface area contributed by atoms with Crippen LogP contribution in [0.3, 0.4) is 0 Å². The van der Waals surface area contributed by atoms with Crippen LogP contribution in [0.25, 0.3) is 0 Å². The van der Waals surface area contributed by atoms with E-state index in [9.17, 15) is 5.11 Å². The molecule has 0 bridgehead atoms. The number of piperazine rings is 1. The maximum Gasteiger partial charge on any atom is 0.0756 e. The van der Waals surface area contributed by atoms with Gasteiger partial charge in [0.25, 0.3) is 0 Å². The lowest BCUT2D eigenvalue weighted by Gasteiger charge is -2.41. The standard InChI is InChI=1S/C13H29N3O/c1-11(2)15-5-7-16(8-6-15)12(3)9-13(4,17)10-14/h11-12,17H,5-10,14H2,1-4H3. The summed E-state index contributed by atoms with van der Waals surface area (Å²) in [5.74, 6) is 0. The molecule has 0 aliphatic carbocycles. The Labute approximate surface area is 106 Å². The molecule has 1 rings (SSSR count). The Bertz CT molecular complexity index is 223. The van der Waals surface area contributed by atoms with Gasteiger partial charge in [-0.15, -0.1) is 0 Å². The summed E-state index contributed by atoms with van der Waals surface area (Å²) in [5.41, 5.74) is 4.84. The van der Waals surface area contributed by atoms with Crippen molar-refractivity contribution in [3.8, 4) is 0 Å². The summed E-state index contributed by atoms with van der Waals surface area (Å²) < 4.78 is 0. The first-order chi connectivity index (χ1) is 7.85. The third-order valence-corrected chi connectivity index (χ3v) is 3.88. The van der Waals surface area contributed by atoms with Gasteiger partial charge in [0.05, 0.1) is 5.60 Å². The Balaban J connectivity index is 2.38. The minimum Gasteiger partial charge on any atom is -0.389 e. The number of nitrogens with two attached hydrogens (primary N) is 1. The highest BCUT2D eigenvalue weighted by Gasteiger charge is 2.27. The highest BCUT2D eigenvalue weighted by atomic mass is 16.3. The quantitative estimate of drug-likeness (QED) is 0.738. The van der Waals surface area contributed by atoms with E-state index < -0.39 is 5.60 Å². The molecule has 4 heteroatoms. The molecular weight excluding hydrogens is 214 g/mol. The Kier molecular flexibility index (Phi) is 5.38. The number of hydrogen-bond acceptors (Lipinski definition) is 4. The van der Waals surface area contributed by atoms with Crippen molar-refractivity contribution in [1.82, 2.24) is 9.80 Å². The normalized spacial score (nSPS) is 24.9. The molecule has 2 unspecified atom stereocenters. The van der Waals surface area contributed by atoms with E-state index in [2.05, 4.69) is 30.6 Å². The van der Waals surface area contributed by atoms with E-state index in [0.29, 0.717) is 18.6 Å². The maximum atomic E-state index is 10.0. The topological polar surface area (TPSA) is 52.7 Å². The van der Waals surface area contributed by atoms with Gasteiger partial charge in [0.2, 0.25) is 0 Å². The molecule has 2 atom stereocenters. The first kappa shape index (κ1) is 14.9. The van der Waals surface area contributed by atoms with Crippen molar-refractivity contribution in [3.05, 3.63) is 0 Å². The molecule has 0 amide bonds. The molecule has 1 saturated heterocycles. The van der Waals surface area contributed by atoms with E-state index in [-0.39, 0.29) is 0 Å².